The maximum Gasteiger partial charge on any atom is 0.278 e. The Morgan fingerprint density at radius 2 is 1.86 bits per heavy atom. The third kappa shape index (κ3) is 2.99. The summed E-state index contributed by atoms with van der Waals surface area (Å²) in [5, 5.41) is 12.6. The second-order valence-corrected chi connectivity index (χ2v) is 10.3. The van der Waals surface area contributed by atoms with E-state index in [0.717, 1.165) is 34.9 Å². The molecule has 2 atom stereocenters. The number of halogens is 2. The van der Waals surface area contributed by atoms with Gasteiger partial charge in [-0.05, 0) is 42.0 Å². The highest BCUT2D eigenvalue weighted by Crippen LogP contribution is 2.50. The molecule has 2 aromatic heterocycles. The second-order valence-electron chi connectivity index (χ2n) is 9.42. The van der Waals surface area contributed by atoms with Crippen LogP contribution in [0.3, 0.4) is 0 Å². The van der Waals surface area contributed by atoms with Gasteiger partial charge in [0.05, 0.1) is 22.1 Å². The highest BCUT2D eigenvalue weighted by molar-refractivity contribution is 7.13. The molecule has 1 amide bonds. The van der Waals surface area contributed by atoms with E-state index in [1.807, 2.05) is 29.3 Å². The molecule has 1 saturated heterocycles. The van der Waals surface area contributed by atoms with Gasteiger partial charge >= 0.3 is 0 Å². The van der Waals surface area contributed by atoms with Gasteiger partial charge in [0, 0.05) is 24.4 Å². The van der Waals surface area contributed by atoms with Crippen LogP contribution < -0.4 is 10.4 Å². The van der Waals surface area contributed by atoms with Crippen molar-refractivity contribution in [2.75, 3.05) is 11.6 Å². The van der Waals surface area contributed by atoms with Crippen LogP contribution in [-0.2, 0) is 0 Å². The molecule has 0 saturated carbocycles. The van der Waals surface area contributed by atoms with E-state index >= 15 is 4.39 Å². The second kappa shape index (κ2) is 7.97. The summed E-state index contributed by atoms with van der Waals surface area (Å²) < 4.78 is 31.8. The Hall–Kier alpha value is -4.05. The Morgan fingerprint density at radius 1 is 1.03 bits per heavy atom. The first kappa shape index (κ1) is 22.2. The van der Waals surface area contributed by atoms with Crippen LogP contribution in [0.25, 0.3) is 21.7 Å². The quantitative estimate of drug-likeness (QED) is 0.398. The SMILES string of the molecule is O=C1c2c(O)c(=O)ccn2N([C@@H]2c3ccccc3-c3scnc3-c3c2ccc(F)c3F)[C@@H]2CCCCN12. The van der Waals surface area contributed by atoms with Crippen molar-refractivity contribution >= 4 is 17.2 Å². The summed E-state index contributed by atoms with van der Waals surface area (Å²) in [5.74, 6) is -3.02. The number of amides is 1. The number of carbonyl (C=O) groups is 1. The highest BCUT2D eigenvalue weighted by Gasteiger charge is 2.46. The van der Waals surface area contributed by atoms with Crippen LogP contribution in [0.5, 0.6) is 5.75 Å². The summed E-state index contributed by atoms with van der Waals surface area (Å²) in [6, 6.07) is 10.8. The van der Waals surface area contributed by atoms with Crippen LogP contribution >= 0.6 is 11.3 Å². The van der Waals surface area contributed by atoms with Gasteiger partial charge in [0.15, 0.2) is 23.1 Å². The topological polar surface area (TPSA) is 78.7 Å². The molecule has 10 heteroatoms. The van der Waals surface area contributed by atoms with E-state index in [2.05, 4.69) is 4.98 Å². The minimum atomic E-state index is -0.987. The molecule has 37 heavy (non-hydrogen) atoms. The standard InChI is InChI=1S/C27H20F2N4O3S/c28-17-9-8-16-20(21(17)29)22-26(37-13-30-22)15-6-2-1-5-14(15)23(16)33-19-7-3-4-11-31(19)27(36)24-25(35)18(34)10-12-32(24)33/h1-2,5-6,8-10,12-13,19,23,35H,3-4,7,11H2/t19-,23-/m1/s1. The third-order valence-electron chi connectivity index (χ3n) is 7.53. The molecule has 3 aliphatic rings. The molecule has 7 nitrogen and oxygen atoms in total. The van der Waals surface area contributed by atoms with Crippen LogP contribution in [-0.4, -0.2) is 38.3 Å². The molecule has 0 unspecified atom stereocenters. The minimum absolute atomic E-state index is 0.0727. The first-order chi connectivity index (χ1) is 18.0. The summed E-state index contributed by atoms with van der Waals surface area (Å²) in [6.45, 7) is 0.455. The number of hydrogen-bond donors (Lipinski definition) is 1. The lowest BCUT2D eigenvalue weighted by Crippen LogP contribution is -2.63. The van der Waals surface area contributed by atoms with Gasteiger partial charge in [-0.25, -0.2) is 13.8 Å². The number of nitrogens with zero attached hydrogens (tertiary/aromatic N) is 4. The van der Waals surface area contributed by atoms with E-state index < -0.39 is 40.9 Å². The zero-order valence-electron chi connectivity index (χ0n) is 19.4. The molecular formula is C27H20F2N4O3S. The highest BCUT2D eigenvalue weighted by atomic mass is 32.1. The van der Waals surface area contributed by atoms with Gasteiger partial charge < -0.3 is 10.0 Å². The van der Waals surface area contributed by atoms with E-state index in [9.17, 15) is 19.1 Å². The van der Waals surface area contributed by atoms with Crippen LogP contribution in [0.15, 0.2) is 59.0 Å². The Balaban J connectivity index is 1.59. The molecule has 1 fully saturated rings. The fourth-order valence-corrected chi connectivity index (χ4v) is 6.80. The van der Waals surface area contributed by atoms with Crippen molar-refractivity contribution in [3.8, 4) is 27.4 Å². The van der Waals surface area contributed by atoms with Gasteiger partial charge in [-0.3, -0.25) is 19.3 Å². The summed E-state index contributed by atoms with van der Waals surface area (Å²) in [4.78, 5) is 32.7. The lowest BCUT2D eigenvalue weighted by Gasteiger charge is -2.51. The van der Waals surface area contributed by atoms with Crippen molar-refractivity contribution in [2.45, 2.75) is 31.5 Å². The Morgan fingerprint density at radius 3 is 2.73 bits per heavy atom. The fourth-order valence-electron chi connectivity index (χ4n) is 5.95. The smallest absolute Gasteiger partial charge is 0.278 e. The van der Waals surface area contributed by atoms with E-state index in [-0.39, 0.29) is 11.3 Å². The van der Waals surface area contributed by atoms with Crippen LogP contribution in [0, 0.1) is 11.6 Å². The molecule has 0 bridgehead atoms. The number of fused-ring (bicyclic) bond motifs is 7. The number of carbonyl (C=O) groups excluding carboxylic acids is 1. The van der Waals surface area contributed by atoms with Crippen molar-refractivity contribution < 1.29 is 18.7 Å². The number of aromatic hydroxyl groups is 1. The molecule has 2 aromatic carbocycles. The van der Waals surface area contributed by atoms with Gasteiger partial charge in [0.2, 0.25) is 5.43 Å². The van der Waals surface area contributed by atoms with Crippen molar-refractivity contribution in [3.05, 3.63) is 92.9 Å². The molecule has 4 aromatic rings. The van der Waals surface area contributed by atoms with Crippen LogP contribution in [0.2, 0.25) is 0 Å². The summed E-state index contributed by atoms with van der Waals surface area (Å²) in [5.41, 5.74) is 3.40. The third-order valence-corrected chi connectivity index (χ3v) is 8.39. The number of piperidine rings is 1. The molecule has 7 rings (SSSR count). The molecular weight excluding hydrogens is 498 g/mol. The predicted octanol–water partition coefficient (Wildman–Crippen LogP) is 4.63. The largest absolute Gasteiger partial charge is 0.502 e. The number of rotatable bonds is 1. The average molecular weight is 519 g/mol. The maximum absolute atomic E-state index is 15.6. The first-order valence-corrected chi connectivity index (χ1v) is 12.9. The van der Waals surface area contributed by atoms with Crippen molar-refractivity contribution in [1.82, 2.24) is 14.6 Å². The summed E-state index contributed by atoms with van der Waals surface area (Å²) in [6.07, 6.45) is 3.32. The lowest BCUT2D eigenvalue weighted by molar-refractivity contribution is 0.0463. The number of aromatic nitrogens is 2. The van der Waals surface area contributed by atoms with Crippen LogP contribution in [0.1, 0.15) is 46.9 Å². The minimum Gasteiger partial charge on any atom is -0.502 e. The van der Waals surface area contributed by atoms with Gasteiger partial charge in [-0.2, -0.15) is 0 Å². The molecule has 4 heterocycles. The molecule has 0 spiro atoms. The van der Waals surface area contributed by atoms with Crippen LogP contribution in [0.4, 0.5) is 8.78 Å². The lowest BCUT2D eigenvalue weighted by atomic mass is 9.91. The summed E-state index contributed by atoms with van der Waals surface area (Å²) in [7, 11) is 0. The zero-order chi connectivity index (χ0) is 25.4. The molecule has 2 aliphatic heterocycles. The monoisotopic (exact) mass is 518 g/mol. The van der Waals surface area contributed by atoms with E-state index in [4.69, 9.17) is 0 Å². The Kier molecular flexibility index (Phi) is 4.78. The predicted molar refractivity (Wildman–Crippen MR) is 134 cm³/mol. The van der Waals surface area contributed by atoms with Gasteiger partial charge in [0.25, 0.3) is 5.91 Å². The van der Waals surface area contributed by atoms with Crippen molar-refractivity contribution in [1.29, 1.82) is 0 Å². The zero-order valence-corrected chi connectivity index (χ0v) is 20.2. The Bertz CT molecular complexity index is 1670. The first-order valence-electron chi connectivity index (χ1n) is 12.0. The van der Waals surface area contributed by atoms with E-state index in [0.29, 0.717) is 24.2 Å². The van der Waals surface area contributed by atoms with E-state index in [1.165, 1.54) is 28.3 Å². The van der Waals surface area contributed by atoms with Gasteiger partial charge in [0.1, 0.15) is 6.17 Å². The maximum atomic E-state index is 15.6. The van der Waals surface area contributed by atoms with Gasteiger partial charge in [-0.15, -0.1) is 11.3 Å². The normalized spacial score (nSPS) is 19.9. The Labute approximate surface area is 213 Å². The molecule has 186 valence electrons. The van der Waals surface area contributed by atoms with Crippen molar-refractivity contribution in [3.63, 3.8) is 0 Å². The summed E-state index contributed by atoms with van der Waals surface area (Å²) >= 11 is 1.35. The fraction of sp³-hybridized carbons (Fsp3) is 0.222. The number of benzene rings is 2. The number of hydrogen-bond acceptors (Lipinski definition) is 6. The van der Waals surface area contributed by atoms with Crippen molar-refractivity contribution in [2.24, 2.45) is 0 Å². The number of pyridine rings is 1. The molecule has 0 radical (unpaired) electrons. The molecule has 1 aliphatic carbocycles. The average Bonchev–Trinajstić information content (AvgIpc) is 3.35. The molecule has 1 N–H and O–H groups in total. The van der Waals surface area contributed by atoms with E-state index in [1.54, 1.807) is 16.5 Å². The van der Waals surface area contributed by atoms with Gasteiger partial charge in [-0.1, -0.05) is 30.3 Å². The number of thiazole rings is 1.